The molecular formula is C17H13ClFN3O. The van der Waals surface area contributed by atoms with E-state index in [9.17, 15) is 4.39 Å². The molecule has 0 unspecified atom stereocenters. The van der Waals surface area contributed by atoms with Crippen LogP contribution in [0, 0.1) is 5.82 Å². The van der Waals surface area contributed by atoms with Crippen LogP contribution in [-0.4, -0.2) is 16.0 Å². The molecule has 0 fully saturated rings. The predicted octanol–water partition coefficient (Wildman–Crippen LogP) is 4.22. The molecule has 6 heteroatoms. The number of hydrogen-bond donors (Lipinski definition) is 0. The summed E-state index contributed by atoms with van der Waals surface area (Å²) in [5.41, 5.74) is 2.34. The normalized spacial score (nSPS) is 11.0. The Hall–Kier alpha value is -2.66. The van der Waals surface area contributed by atoms with Crippen LogP contribution >= 0.6 is 11.6 Å². The highest BCUT2D eigenvalue weighted by molar-refractivity contribution is 6.32. The zero-order chi connectivity index (χ0) is 16.1. The van der Waals surface area contributed by atoms with Gasteiger partial charge in [-0.3, -0.25) is 0 Å². The van der Waals surface area contributed by atoms with Crippen LogP contribution < -0.4 is 0 Å². The van der Waals surface area contributed by atoms with Crippen molar-refractivity contribution in [2.45, 2.75) is 6.61 Å². The topological polar surface area (TPSA) is 39.4 Å². The molecule has 0 saturated carbocycles. The monoisotopic (exact) mass is 329 g/mol. The van der Waals surface area contributed by atoms with Crippen molar-refractivity contribution >= 4 is 17.8 Å². The molecule has 4 nitrogen and oxygen atoms in total. The molecule has 1 aromatic heterocycles. The Labute approximate surface area is 137 Å². The highest BCUT2D eigenvalue weighted by Gasteiger charge is 2.08. The van der Waals surface area contributed by atoms with Gasteiger partial charge in [-0.15, -0.1) is 0 Å². The minimum atomic E-state index is -0.280. The van der Waals surface area contributed by atoms with Crippen molar-refractivity contribution in [3.63, 3.8) is 0 Å². The van der Waals surface area contributed by atoms with E-state index in [1.807, 2.05) is 30.3 Å². The molecule has 2 aromatic carbocycles. The third-order valence-corrected chi connectivity index (χ3v) is 3.53. The van der Waals surface area contributed by atoms with Crippen LogP contribution in [0.4, 0.5) is 4.39 Å². The van der Waals surface area contributed by atoms with Gasteiger partial charge in [0.25, 0.3) is 0 Å². The van der Waals surface area contributed by atoms with Gasteiger partial charge in [-0.2, -0.15) is 5.10 Å². The lowest BCUT2D eigenvalue weighted by Gasteiger charge is -2.02. The zero-order valence-electron chi connectivity index (χ0n) is 12.1. The molecule has 116 valence electrons. The summed E-state index contributed by atoms with van der Waals surface area (Å²) in [7, 11) is 0. The molecule has 0 aliphatic carbocycles. The molecule has 0 saturated heterocycles. The summed E-state index contributed by atoms with van der Waals surface area (Å²) >= 11 is 6.28. The van der Waals surface area contributed by atoms with Crippen LogP contribution in [0.15, 0.2) is 65.9 Å². The summed E-state index contributed by atoms with van der Waals surface area (Å²) in [6.45, 7) is 0.251. The Morgan fingerprint density at radius 3 is 2.61 bits per heavy atom. The summed E-state index contributed by atoms with van der Waals surface area (Å²) in [5.74, 6) is -0.280. The third kappa shape index (κ3) is 3.76. The Morgan fingerprint density at radius 2 is 1.87 bits per heavy atom. The standard InChI is InChI=1S/C17H13ClFN3O/c18-17-14(10-20-22(17)16-4-2-1-3-5-16)11-21-23-12-13-6-8-15(19)9-7-13/h1-11H,12H2/b21-11+. The van der Waals surface area contributed by atoms with Crippen LogP contribution in [0.2, 0.25) is 5.15 Å². The number of halogens is 2. The Balaban J connectivity index is 1.64. The van der Waals surface area contributed by atoms with Gasteiger partial charge < -0.3 is 4.84 Å². The minimum Gasteiger partial charge on any atom is -0.391 e. The lowest BCUT2D eigenvalue weighted by molar-refractivity contribution is 0.132. The third-order valence-electron chi connectivity index (χ3n) is 3.15. The molecule has 0 aliphatic rings. The minimum absolute atomic E-state index is 0.251. The summed E-state index contributed by atoms with van der Waals surface area (Å²) in [5, 5.41) is 8.55. The van der Waals surface area contributed by atoms with Gasteiger partial charge in [-0.1, -0.05) is 47.1 Å². The van der Waals surface area contributed by atoms with E-state index in [0.717, 1.165) is 11.3 Å². The molecule has 0 spiro atoms. The van der Waals surface area contributed by atoms with Gasteiger partial charge in [0.05, 0.1) is 23.7 Å². The van der Waals surface area contributed by atoms with E-state index < -0.39 is 0 Å². The number of para-hydroxylation sites is 1. The summed E-state index contributed by atoms with van der Waals surface area (Å²) in [6.07, 6.45) is 3.11. The number of hydrogen-bond acceptors (Lipinski definition) is 3. The van der Waals surface area contributed by atoms with Crippen molar-refractivity contribution in [3.8, 4) is 5.69 Å². The number of aromatic nitrogens is 2. The van der Waals surface area contributed by atoms with Gasteiger partial charge in [0.2, 0.25) is 0 Å². The second-order valence-corrected chi connectivity index (χ2v) is 5.13. The quantitative estimate of drug-likeness (QED) is 0.519. The summed E-state index contributed by atoms with van der Waals surface area (Å²) < 4.78 is 14.4. The van der Waals surface area contributed by atoms with Gasteiger partial charge >= 0.3 is 0 Å². The van der Waals surface area contributed by atoms with E-state index in [4.69, 9.17) is 16.4 Å². The largest absolute Gasteiger partial charge is 0.391 e. The molecular weight excluding hydrogens is 317 g/mol. The van der Waals surface area contributed by atoms with E-state index in [1.54, 1.807) is 23.0 Å². The maximum atomic E-state index is 12.8. The van der Waals surface area contributed by atoms with Crippen LogP contribution in [-0.2, 0) is 11.4 Å². The predicted molar refractivity (Wildman–Crippen MR) is 87.4 cm³/mol. The highest BCUT2D eigenvalue weighted by atomic mass is 35.5. The van der Waals surface area contributed by atoms with Crippen molar-refractivity contribution in [1.29, 1.82) is 0 Å². The molecule has 23 heavy (non-hydrogen) atoms. The molecule has 1 heterocycles. The second-order valence-electron chi connectivity index (χ2n) is 4.77. The Kier molecular flexibility index (Phi) is 4.68. The molecule has 0 N–H and O–H groups in total. The highest BCUT2D eigenvalue weighted by Crippen LogP contribution is 2.18. The molecule has 0 aliphatic heterocycles. The number of nitrogens with zero attached hydrogens (tertiary/aromatic N) is 3. The first-order valence-electron chi connectivity index (χ1n) is 6.93. The van der Waals surface area contributed by atoms with Crippen molar-refractivity contribution in [3.05, 3.63) is 82.9 Å². The van der Waals surface area contributed by atoms with E-state index in [2.05, 4.69) is 10.3 Å². The smallest absolute Gasteiger partial charge is 0.142 e. The first-order valence-corrected chi connectivity index (χ1v) is 7.30. The molecule has 0 bridgehead atoms. The van der Waals surface area contributed by atoms with Gasteiger partial charge in [-0.05, 0) is 29.8 Å². The van der Waals surface area contributed by atoms with Gasteiger partial charge in [0.1, 0.15) is 17.6 Å². The summed E-state index contributed by atoms with van der Waals surface area (Å²) in [4.78, 5) is 5.18. The van der Waals surface area contributed by atoms with Crippen molar-refractivity contribution in [2.24, 2.45) is 5.16 Å². The van der Waals surface area contributed by atoms with Gasteiger partial charge in [0, 0.05) is 0 Å². The Morgan fingerprint density at radius 1 is 1.13 bits per heavy atom. The van der Waals surface area contributed by atoms with Crippen LogP contribution in [0.5, 0.6) is 0 Å². The lowest BCUT2D eigenvalue weighted by Crippen LogP contribution is -1.95. The van der Waals surface area contributed by atoms with E-state index >= 15 is 0 Å². The van der Waals surface area contributed by atoms with Crippen LogP contribution in [0.1, 0.15) is 11.1 Å². The van der Waals surface area contributed by atoms with Crippen LogP contribution in [0.3, 0.4) is 0 Å². The fraction of sp³-hybridized carbons (Fsp3) is 0.0588. The average Bonchev–Trinajstić information content (AvgIpc) is 2.95. The first-order chi connectivity index (χ1) is 11.2. The van der Waals surface area contributed by atoms with Crippen molar-refractivity contribution in [2.75, 3.05) is 0 Å². The van der Waals surface area contributed by atoms with E-state index in [1.165, 1.54) is 18.3 Å². The SMILES string of the molecule is Fc1ccc(CO/N=C/c2cnn(-c3ccccc3)c2Cl)cc1. The summed E-state index contributed by atoms with van der Waals surface area (Å²) in [6, 6.07) is 15.6. The first kappa shape index (κ1) is 15.2. The average molecular weight is 330 g/mol. The van der Waals surface area contributed by atoms with E-state index in [-0.39, 0.29) is 12.4 Å². The van der Waals surface area contributed by atoms with Crippen molar-refractivity contribution in [1.82, 2.24) is 9.78 Å². The van der Waals surface area contributed by atoms with E-state index in [0.29, 0.717) is 10.7 Å². The molecule has 0 atom stereocenters. The zero-order valence-corrected chi connectivity index (χ0v) is 12.8. The molecule has 3 aromatic rings. The number of rotatable bonds is 5. The molecule has 3 rings (SSSR count). The van der Waals surface area contributed by atoms with Gasteiger partial charge in [0.15, 0.2) is 0 Å². The fourth-order valence-corrected chi connectivity index (χ4v) is 2.21. The van der Waals surface area contributed by atoms with Crippen LogP contribution in [0.25, 0.3) is 5.69 Å². The second kappa shape index (κ2) is 7.07. The van der Waals surface area contributed by atoms with Gasteiger partial charge in [-0.25, -0.2) is 9.07 Å². The lowest BCUT2D eigenvalue weighted by atomic mass is 10.2. The number of benzene rings is 2. The van der Waals surface area contributed by atoms with Crippen molar-refractivity contribution < 1.29 is 9.23 Å². The fourth-order valence-electron chi connectivity index (χ4n) is 1.97. The molecule has 0 radical (unpaired) electrons. The maximum Gasteiger partial charge on any atom is 0.142 e. The molecule has 0 amide bonds. The Bertz CT molecular complexity index is 800. The maximum absolute atomic E-state index is 12.8. The number of oxime groups is 1.